The number of oxime groups is 1. The first-order valence-corrected chi connectivity index (χ1v) is 15.8. The number of thioether (sulfide) groups is 2. The molecule has 2 atom stereocenters. The van der Waals surface area contributed by atoms with Gasteiger partial charge in [-0.05, 0) is 17.6 Å². The molecule has 2 aliphatic rings. The second kappa shape index (κ2) is 11.7. The smallest absolute Gasteiger partial charge is 0.276 e. The van der Waals surface area contributed by atoms with E-state index in [0.29, 0.717) is 15.2 Å². The van der Waals surface area contributed by atoms with E-state index in [1.807, 2.05) is 36.1 Å². The molecular weight excluding hydrogens is 637 g/mol. The number of aromatic nitrogens is 6. The minimum absolute atomic E-state index is 0.163. The van der Waals surface area contributed by atoms with Crippen LogP contribution in [0, 0.1) is 0 Å². The normalized spacial score (nSPS) is 18.3. The van der Waals surface area contributed by atoms with Gasteiger partial charge >= 0.3 is 0 Å². The first-order chi connectivity index (χ1) is 20.7. The van der Waals surface area contributed by atoms with Crippen LogP contribution in [0.25, 0.3) is 17.2 Å². The van der Waals surface area contributed by atoms with Crippen molar-refractivity contribution in [2.45, 2.75) is 15.8 Å². The van der Waals surface area contributed by atoms with Crippen LogP contribution in [0.2, 0.25) is 0 Å². The maximum atomic E-state index is 13.1. The Morgan fingerprint density at radius 1 is 1.35 bits per heavy atom. The van der Waals surface area contributed by atoms with E-state index in [1.165, 1.54) is 24.3 Å². The van der Waals surface area contributed by atoms with Gasteiger partial charge < -0.3 is 25.8 Å². The van der Waals surface area contributed by atoms with E-state index in [4.69, 9.17) is 10.6 Å². The molecule has 0 aliphatic carbocycles. The number of aliphatic carboxylic acids is 1. The molecule has 4 aromatic rings. The molecule has 0 spiro atoms. The highest BCUT2D eigenvalue weighted by atomic mass is 32.2. The number of aryl methyl sites for hydroxylation is 1. The number of hydrogen-bond donors (Lipinski definition) is 2. The number of pyridine rings is 1. The Bertz CT molecular complexity index is 1810. The minimum atomic E-state index is -1.51. The Labute approximate surface area is 259 Å². The number of fused-ring (bicyclic) bond motifs is 1. The van der Waals surface area contributed by atoms with E-state index in [9.17, 15) is 19.5 Å². The summed E-state index contributed by atoms with van der Waals surface area (Å²) in [5.74, 6) is -2.20. The number of nitrogens with one attached hydrogen (secondary N) is 1. The van der Waals surface area contributed by atoms with Crippen LogP contribution < -0.4 is 20.7 Å². The third-order valence-electron chi connectivity index (χ3n) is 6.23. The fourth-order valence-electron chi connectivity index (χ4n) is 4.34. The molecule has 19 heteroatoms. The van der Waals surface area contributed by atoms with E-state index in [0.717, 1.165) is 50.8 Å². The van der Waals surface area contributed by atoms with E-state index in [1.54, 1.807) is 17.1 Å². The standard InChI is InChI=1S/C24H20N10O5S4/c1-32-5-3-4-11(6-32)12-7-33(10-26-12)23-29-24(43-31-23)42-14-9-40-20-16(19(36)34(20)17(14)21(37)38)28-18(35)15(30-39-2)13-8-41-22(25)27-13/h3-8,10,16,20H,9H2,1-2H3,(H3-,25,27,28,35,37,38)/b30-15-/t16-,20?/m1/s1. The summed E-state index contributed by atoms with van der Waals surface area (Å²) in [6, 6.07) is 2.87. The number of β-lactam (4-membered cyclic amide) rings is 1. The number of thiazole rings is 1. The van der Waals surface area contributed by atoms with E-state index in [2.05, 4.69) is 29.8 Å². The zero-order valence-electron chi connectivity index (χ0n) is 22.2. The average molecular weight is 657 g/mol. The maximum Gasteiger partial charge on any atom is 0.276 e. The van der Waals surface area contributed by atoms with Crippen LogP contribution in [-0.2, 0) is 26.3 Å². The molecule has 0 radical (unpaired) electrons. The molecule has 15 nitrogen and oxygen atoms in total. The van der Waals surface area contributed by atoms with Crippen LogP contribution >= 0.6 is 46.4 Å². The van der Waals surface area contributed by atoms with Crippen LogP contribution in [0.1, 0.15) is 5.69 Å². The molecule has 43 heavy (non-hydrogen) atoms. The number of anilines is 1. The molecule has 3 N–H and O–H groups in total. The highest BCUT2D eigenvalue weighted by Crippen LogP contribution is 2.45. The number of rotatable bonds is 9. The molecule has 0 saturated carbocycles. The molecule has 1 saturated heterocycles. The summed E-state index contributed by atoms with van der Waals surface area (Å²) in [5.41, 5.74) is 7.10. The number of amides is 2. The summed E-state index contributed by atoms with van der Waals surface area (Å²) in [4.78, 5) is 57.6. The van der Waals surface area contributed by atoms with Gasteiger partial charge in [-0.25, -0.2) is 14.5 Å². The first-order valence-electron chi connectivity index (χ1n) is 12.3. The maximum absolute atomic E-state index is 13.1. The van der Waals surface area contributed by atoms with Crippen molar-refractivity contribution < 1.29 is 28.9 Å². The minimum Gasteiger partial charge on any atom is -0.543 e. The lowest BCUT2D eigenvalue weighted by atomic mass is 10.0. The Balaban J connectivity index is 1.17. The van der Waals surface area contributed by atoms with Crippen molar-refractivity contribution in [3.05, 3.63) is 58.7 Å². The van der Waals surface area contributed by atoms with Gasteiger partial charge in [0.2, 0.25) is 5.95 Å². The van der Waals surface area contributed by atoms with E-state index >= 15 is 0 Å². The Hall–Kier alpha value is -4.33. The second-order valence-corrected chi connectivity index (χ2v) is 13.1. The monoisotopic (exact) mass is 656 g/mol. The topological polar surface area (TPSA) is 198 Å². The molecule has 4 aromatic heterocycles. The Kier molecular flexibility index (Phi) is 7.86. The van der Waals surface area contributed by atoms with Gasteiger partial charge in [0.1, 0.15) is 37.6 Å². The SMILES string of the molecule is CO/N=C(\C(=O)N[C@@H]1C(=O)N2C(C(=O)[O-])=C(Sc3nc(-n4cnc(-c5ccc[n+](C)c5)c4)ns3)CSC12)c1csc(N)n1. The molecule has 6 heterocycles. The number of hydrogen-bond acceptors (Lipinski definition) is 15. The summed E-state index contributed by atoms with van der Waals surface area (Å²) in [5, 5.41) is 19.6. The largest absolute Gasteiger partial charge is 0.543 e. The summed E-state index contributed by atoms with van der Waals surface area (Å²) in [6.07, 6.45) is 7.27. The zero-order valence-corrected chi connectivity index (χ0v) is 25.5. The van der Waals surface area contributed by atoms with Gasteiger partial charge in [-0.15, -0.1) is 23.1 Å². The lowest BCUT2D eigenvalue weighted by molar-refractivity contribution is -0.671. The quantitative estimate of drug-likeness (QED) is 0.104. The third kappa shape index (κ3) is 5.58. The summed E-state index contributed by atoms with van der Waals surface area (Å²) < 4.78 is 8.46. The van der Waals surface area contributed by atoms with Crippen molar-refractivity contribution in [1.29, 1.82) is 0 Å². The van der Waals surface area contributed by atoms with Gasteiger partial charge in [-0.2, -0.15) is 9.36 Å². The lowest BCUT2D eigenvalue weighted by Crippen LogP contribution is -2.71. The number of nitrogens with zero attached hydrogens (tertiary/aromatic N) is 8. The highest BCUT2D eigenvalue weighted by Gasteiger charge is 2.53. The Morgan fingerprint density at radius 2 is 2.19 bits per heavy atom. The molecule has 0 bridgehead atoms. The summed E-state index contributed by atoms with van der Waals surface area (Å²) >= 11 is 4.60. The average Bonchev–Trinajstić information content (AvgIpc) is 3.75. The molecular formula is C24H20N10O5S4. The molecule has 6 rings (SSSR count). The van der Waals surface area contributed by atoms with Crippen LogP contribution in [0.15, 0.2) is 62.5 Å². The number of nitrogen functional groups attached to an aromatic ring is 1. The second-order valence-electron chi connectivity index (χ2n) is 9.00. The molecule has 1 fully saturated rings. The summed E-state index contributed by atoms with van der Waals surface area (Å²) in [6.45, 7) is 0. The highest BCUT2D eigenvalue weighted by molar-refractivity contribution is 8.07. The number of carboxylic acids is 1. The predicted molar refractivity (Wildman–Crippen MR) is 157 cm³/mol. The van der Waals surface area contributed by atoms with Crippen molar-refractivity contribution in [2.75, 3.05) is 18.6 Å². The molecule has 0 aromatic carbocycles. The number of carbonyl (C=O) groups is 3. The Morgan fingerprint density at radius 3 is 2.91 bits per heavy atom. The van der Waals surface area contributed by atoms with Crippen molar-refractivity contribution in [2.24, 2.45) is 12.2 Å². The predicted octanol–water partition coefficient (Wildman–Crippen LogP) is -0.242. The van der Waals surface area contributed by atoms with Crippen molar-refractivity contribution >= 4 is 75.0 Å². The zero-order chi connectivity index (χ0) is 30.2. The van der Waals surface area contributed by atoms with Gasteiger partial charge in [-0.1, -0.05) is 16.9 Å². The van der Waals surface area contributed by atoms with Gasteiger partial charge in [0.15, 0.2) is 27.6 Å². The first kappa shape index (κ1) is 28.8. The van der Waals surface area contributed by atoms with Gasteiger partial charge in [0.25, 0.3) is 11.8 Å². The van der Waals surface area contributed by atoms with Crippen molar-refractivity contribution in [3.63, 3.8) is 0 Å². The number of carboxylic acid groups (broad SMARTS) is 1. The molecule has 2 amide bonds. The molecule has 2 aliphatic heterocycles. The third-order valence-corrected chi connectivity index (χ3v) is 10.2. The van der Waals surface area contributed by atoms with Gasteiger partial charge in [0.05, 0.1) is 22.9 Å². The summed E-state index contributed by atoms with van der Waals surface area (Å²) in [7, 11) is 3.19. The lowest BCUT2D eigenvalue weighted by Gasteiger charge is -2.50. The van der Waals surface area contributed by atoms with Crippen LogP contribution in [0.5, 0.6) is 0 Å². The van der Waals surface area contributed by atoms with E-state index in [-0.39, 0.29) is 28.0 Å². The number of imidazole rings is 1. The molecule has 1 unspecified atom stereocenters. The van der Waals surface area contributed by atoms with Crippen molar-refractivity contribution in [3.8, 4) is 17.2 Å². The number of nitrogens with two attached hydrogens (primary N) is 1. The molecule has 220 valence electrons. The van der Waals surface area contributed by atoms with E-state index < -0.39 is 29.2 Å². The van der Waals surface area contributed by atoms with Gasteiger partial charge in [0, 0.05) is 28.3 Å². The number of carbonyl (C=O) groups excluding carboxylic acids is 3. The van der Waals surface area contributed by atoms with Crippen molar-refractivity contribution in [1.82, 2.24) is 34.1 Å². The van der Waals surface area contributed by atoms with Crippen LogP contribution in [0.4, 0.5) is 5.13 Å². The fraction of sp³-hybridized carbons (Fsp3) is 0.208. The van der Waals surface area contributed by atoms with Crippen LogP contribution in [0.3, 0.4) is 0 Å². The van der Waals surface area contributed by atoms with Crippen LogP contribution in [-0.4, -0.2) is 76.6 Å². The fourth-order valence-corrected chi connectivity index (χ4v) is 8.11. The van der Waals surface area contributed by atoms with Gasteiger partial charge in [-0.3, -0.25) is 19.1 Å².